The summed E-state index contributed by atoms with van der Waals surface area (Å²) in [5, 5.41) is 2.57. The van der Waals surface area contributed by atoms with E-state index in [1.54, 1.807) is 0 Å². The number of nitrogens with one attached hydrogen (secondary N) is 1. The van der Waals surface area contributed by atoms with Crippen LogP contribution in [0.15, 0.2) is 30.3 Å². The summed E-state index contributed by atoms with van der Waals surface area (Å²) in [6.45, 7) is 0. The lowest BCUT2D eigenvalue weighted by Crippen LogP contribution is -2.30. The summed E-state index contributed by atoms with van der Waals surface area (Å²) >= 11 is 0. The highest BCUT2D eigenvalue weighted by Crippen LogP contribution is 2.25. The Hall–Kier alpha value is -2.04. The van der Waals surface area contributed by atoms with E-state index in [9.17, 15) is 9.59 Å². The molecule has 2 atom stereocenters. The van der Waals surface area contributed by atoms with Gasteiger partial charge in [-0.05, 0) is 5.56 Å². The van der Waals surface area contributed by atoms with Crippen molar-refractivity contribution in [3.05, 3.63) is 35.9 Å². The minimum atomic E-state index is -0.917. The van der Waals surface area contributed by atoms with Crippen LogP contribution >= 0.6 is 0 Å². The van der Waals surface area contributed by atoms with Crippen molar-refractivity contribution >= 4 is 12.1 Å². The molecular formula is C11H11NO4. The van der Waals surface area contributed by atoms with E-state index in [2.05, 4.69) is 10.1 Å². The molecule has 2 rings (SSSR count). The SMILES string of the molecule is COC(=O)[C@@H]1OC(=O)NC1c1ccccc1. The minimum absolute atomic E-state index is 0.485. The van der Waals surface area contributed by atoms with Crippen LogP contribution in [0.3, 0.4) is 0 Å². The Labute approximate surface area is 92.4 Å². The van der Waals surface area contributed by atoms with Gasteiger partial charge in [0, 0.05) is 0 Å². The largest absolute Gasteiger partial charge is 0.466 e. The van der Waals surface area contributed by atoms with Gasteiger partial charge in [0.2, 0.25) is 6.10 Å². The molecule has 0 saturated carbocycles. The Bertz CT molecular complexity index is 404. The fraction of sp³-hybridized carbons (Fsp3) is 0.273. The lowest BCUT2D eigenvalue weighted by Gasteiger charge is -2.14. The van der Waals surface area contributed by atoms with Crippen LogP contribution in [0.1, 0.15) is 11.6 Å². The summed E-state index contributed by atoms with van der Waals surface area (Å²) < 4.78 is 9.43. The quantitative estimate of drug-likeness (QED) is 0.757. The maximum absolute atomic E-state index is 11.4. The molecule has 16 heavy (non-hydrogen) atoms. The molecule has 1 saturated heterocycles. The van der Waals surface area contributed by atoms with E-state index >= 15 is 0 Å². The topological polar surface area (TPSA) is 64.6 Å². The summed E-state index contributed by atoms with van der Waals surface area (Å²) in [5.74, 6) is -0.563. The molecule has 1 fully saturated rings. The van der Waals surface area contributed by atoms with Crippen molar-refractivity contribution in [2.24, 2.45) is 0 Å². The van der Waals surface area contributed by atoms with E-state index < -0.39 is 24.2 Å². The number of rotatable bonds is 2. The summed E-state index contributed by atoms with van der Waals surface area (Å²) in [5.41, 5.74) is 0.809. The zero-order valence-corrected chi connectivity index (χ0v) is 8.67. The van der Waals surface area contributed by atoms with Crippen LogP contribution in [-0.2, 0) is 14.3 Å². The highest BCUT2D eigenvalue weighted by atomic mass is 16.6. The summed E-state index contributed by atoms with van der Waals surface area (Å²) in [4.78, 5) is 22.5. The van der Waals surface area contributed by atoms with Gasteiger partial charge in [-0.3, -0.25) is 0 Å². The fourth-order valence-corrected chi connectivity index (χ4v) is 1.64. The van der Waals surface area contributed by atoms with Gasteiger partial charge in [0.25, 0.3) is 0 Å². The molecule has 1 N–H and O–H groups in total. The molecule has 1 amide bonds. The Morgan fingerprint density at radius 3 is 2.69 bits per heavy atom. The first-order chi connectivity index (χ1) is 7.72. The third kappa shape index (κ3) is 1.84. The molecule has 1 aliphatic rings. The van der Waals surface area contributed by atoms with E-state index in [-0.39, 0.29) is 0 Å². The molecule has 1 unspecified atom stereocenters. The van der Waals surface area contributed by atoms with Crippen molar-refractivity contribution in [2.75, 3.05) is 7.11 Å². The molecule has 0 bridgehead atoms. The van der Waals surface area contributed by atoms with Crippen LogP contribution < -0.4 is 5.32 Å². The highest BCUT2D eigenvalue weighted by Gasteiger charge is 2.41. The van der Waals surface area contributed by atoms with E-state index in [4.69, 9.17) is 4.74 Å². The Morgan fingerprint density at radius 2 is 2.06 bits per heavy atom. The monoisotopic (exact) mass is 221 g/mol. The molecule has 0 aromatic heterocycles. The number of cyclic esters (lactones) is 1. The van der Waals surface area contributed by atoms with Gasteiger partial charge >= 0.3 is 12.1 Å². The molecule has 84 valence electrons. The van der Waals surface area contributed by atoms with Gasteiger partial charge in [0.1, 0.15) is 6.04 Å². The predicted molar refractivity (Wildman–Crippen MR) is 54.6 cm³/mol. The molecule has 1 aliphatic heterocycles. The maximum atomic E-state index is 11.4. The molecule has 5 heteroatoms. The average molecular weight is 221 g/mol. The highest BCUT2D eigenvalue weighted by molar-refractivity contribution is 5.83. The normalized spacial score (nSPS) is 23.4. The van der Waals surface area contributed by atoms with Gasteiger partial charge < -0.3 is 14.8 Å². The van der Waals surface area contributed by atoms with Crippen LogP contribution in [0.25, 0.3) is 0 Å². The van der Waals surface area contributed by atoms with E-state index in [1.165, 1.54) is 7.11 Å². The number of amides is 1. The zero-order chi connectivity index (χ0) is 11.5. The molecular weight excluding hydrogens is 210 g/mol. The first kappa shape index (κ1) is 10.5. The van der Waals surface area contributed by atoms with Crippen molar-refractivity contribution in [1.29, 1.82) is 0 Å². The fourth-order valence-electron chi connectivity index (χ4n) is 1.64. The van der Waals surface area contributed by atoms with E-state index in [1.807, 2.05) is 30.3 Å². The smallest absolute Gasteiger partial charge is 0.408 e. The van der Waals surface area contributed by atoms with Gasteiger partial charge in [-0.1, -0.05) is 30.3 Å². The van der Waals surface area contributed by atoms with Crippen LogP contribution in [0.4, 0.5) is 4.79 Å². The number of hydrogen-bond acceptors (Lipinski definition) is 4. The van der Waals surface area contributed by atoms with Gasteiger partial charge in [0.05, 0.1) is 7.11 Å². The second-order valence-electron chi connectivity index (χ2n) is 3.38. The molecule has 1 aromatic rings. The third-order valence-electron chi connectivity index (χ3n) is 2.40. The number of benzene rings is 1. The Balaban J connectivity index is 2.26. The first-order valence-corrected chi connectivity index (χ1v) is 4.82. The number of carbonyl (C=O) groups is 2. The third-order valence-corrected chi connectivity index (χ3v) is 2.40. The van der Waals surface area contributed by atoms with Gasteiger partial charge in [-0.25, -0.2) is 9.59 Å². The van der Waals surface area contributed by atoms with E-state index in [0.29, 0.717) is 0 Å². The van der Waals surface area contributed by atoms with Crippen molar-refractivity contribution in [2.45, 2.75) is 12.1 Å². The summed E-state index contributed by atoms with van der Waals surface area (Å²) in [6, 6.07) is 8.66. The van der Waals surface area contributed by atoms with Crippen LogP contribution in [0, 0.1) is 0 Å². The second kappa shape index (κ2) is 4.22. The average Bonchev–Trinajstić information content (AvgIpc) is 2.71. The number of methoxy groups -OCH3 is 1. The first-order valence-electron chi connectivity index (χ1n) is 4.82. The Kier molecular flexibility index (Phi) is 2.76. The number of alkyl carbamates (subject to hydrolysis) is 1. The molecule has 1 aromatic carbocycles. The van der Waals surface area contributed by atoms with Crippen molar-refractivity contribution < 1.29 is 19.1 Å². The maximum Gasteiger partial charge on any atom is 0.408 e. The Morgan fingerprint density at radius 1 is 1.38 bits per heavy atom. The predicted octanol–water partition coefficient (Wildman–Crippen LogP) is 1.01. The van der Waals surface area contributed by atoms with Crippen molar-refractivity contribution in [3.8, 4) is 0 Å². The summed E-state index contributed by atoms with van der Waals surface area (Å²) in [6.07, 6.45) is -1.52. The molecule has 5 nitrogen and oxygen atoms in total. The van der Waals surface area contributed by atoms with Gasteiger partial charge in [-0.15, -0.1) is 0 Å². The lowest BCUT2D eigenvalue weighted by molar-refractivity contribution is -0.149. The van der Waals surface area contributed by atoms with Crippen LogP contribution in [0.2, 0.25) is 0 Å². The van der Waals surface area contributed by atoms with Gasteiger partial charge in [-0.2, -0.15) is 0 Å². The van der Waals surface area contributed by atoms with Crippen molar-refractivity contribution in [1.82, 2.24) is 5.32 Å². The molecule has 0 radical (unpaired) electrons. The van der Waals surface area contributed by atoms with E-state index in [0.717, 1.165) is 5.56 Å². The number of carbonyl (C=O) groups excluding carboxylic acids is 2. The number of ether oxygens (including phenoxy) is 2. The standard InChI is InChI=1S/C11H11NO4/c1-15-10(13)9-8(12-11(14)16-9)7-5-3-2-4-6-7/h2-6,8-9H,1H3,(H,12,14)/t8?,9-/m1/s1. The molecule has 0 spiro atoms. The molecule has 0 aliphatic carbocycles. The lowest BCUT2D eigenvalue weighted by atomic mass is 10.0. The van der Waals surface area contributed by atoms with Crippen LogP contribution in [-0.4, -0.2) is 25.3 Å². The second-order valence-corrected chi connectivity index (χ2v) is 3.38. The van der Waals surface area contributed by atoms with Gasteiger partial charge in [0.15, 0.2) is 0 Å². The van der Waals surface area contributed by atoms with Crippen molar-refractivity contribution in [3.63, 3.8) is 0 Å². The zero-order valence-electron chi connectivity index (χ0n) is 8.67. The molecule has 1 heterocycles. The number of esters is 1. The minimum Gasteiger partial charge on any atom is -0.466 e. The van der Waals surface area contributed by atoms with Crippen LogP contribution in [0.5, 0.6) is 0 Å². The summed E-state index contributed by atoms with van der Waals surface area (Å²) in [7, 11) is 1.26. The number of hydrogen-bond donors (Lipinski definition) is 1.